The number of carboxylic acids is 1. The average molecular weight is 374 g/mol. The number of aliphatic carboxylic acids is 1. The average Bonchev–Trinajstić information content (AvgIpc) is 3.03. The van der Waals surface area contributed by atoms with Crippen LogP contribution in [0.5, 0.6) is 0 Å². The minimum absolute atomic E-state index is 0.0565. The summed E-state index contributed by atoms with van der Waals surface area (Å²) in [6.45, 7) is 3.68. The van der Waals surface area contributed by atoms with Crippen molar-refractivity contribution in [2.24, 2.45) is 0 Å². The Hall–Kier alpha value is -2.54. The Bertz CT molecular complexity index is 1030. The van der Waals surface area contributed by atoms with Gasteiger partial charge in [0, 0.05) is 11.3 Å². The number of fused-ring (bicyclic) bond motifs is 1. The molecule has 0 aliphatic carbocycles. The van der Waals surface area contributed by atoms with E-state index < -0.39 is 17.8 Å². The van der Waals surface area contributed by atoms with E-state index in [0.717, 1.165) is 11.3 Å². The molecule has 1 N–H and O–H groups in total. The number of aromatic nitrogens is 2. The zero-order valence-corrected chi connectivity index (χ0v) is 15.3. The van der Waals surface area contributed by atoms with Gasteiger partial charge >= 0.3 is 5.97 Å². The first-order valence-corrected chi connectivity index (χ1v) is 9.27. The van der Waals surface area contributed by atoms with Crippen LogP contribution in [0.15, 0.2) is 35.1 Å². The molecule has 1 unspecified atom stereocenters. The lowest BCUT2D eigenvalue weighted by Gasteiger charge is -2.18. The van der Waals surface area contributed by atoms with Gasteiger partial charge in [-0.05, 0) is 30.5 Å². The van der Waals surface area contributed by atoms with Crippen LogP contribution in [-0.4, -0.2) is 20.6 Å². The predicted molar refractivity (Wildman–Crippen MR) is 99.4 cm³/mol. The Morgan fingerprint density at radius 2 is 2.08 bits per heavy atom. The molecule has 0 aliphatic heterocycles. The van der Waals surface area contributed by atoms with Crippen LogP contribution >= 0.6 is 11.3 Å². The van der Waals surface area contributed by atoms with Crippen LogP contribution in [0.4, 0.5) is 4.39 Å². The molecule has 1 aromatic carbocycles. The Morgan fingerprint density at radius 3 is 2.69 bits per heavy atom. The van der Waals surface area contributed by atoms with Crippen molar-refractivity contribution in [3.05, 3.63) is 62.8 Å². The zero-order valence-electron chi connectivity index (χ0n) is 14.5. The van der Waals surface area contributed by atoms with Gasteiger partial charge in [-0.15, -0.1) is 11.3 Å². The van der Waals surface area contributed by atoms with Gasteiger partial charge in [-0.2, -0.15) is 0 Å². The number of carboxylic acid groups (broad SMARTS) is 1. The number of nitrogens with zero attached hydrogens (tertiary/aromatic N) is 2. The molecule has 5 nitrogen and oxygen atoms in total. The normalized spacial score (nSPS) is 12.4. The van der Waals surface area contributed by atoms with Gasteiger partial charge in [-0.3, -0.25) is 9.36 Å². The molecular weight excluding hydrogens is 355 g/mol. The van der Waals surface area contributed by atoms with E-state index in [4.69, 9.17) is 0 Å². The molecule has 0 saturated carbocycles. The van der Waals surface area contributed by atoms with Crippen LogP contribution in [-0.2, 0) is 17.6 Å². The Kier molecular flexibility index (Phi) is 5.18. The maximum Gasteiger partial charge on any atom is 0.326 e. The number of rotatable bonds is 6. The van der Waals surface area contributed by atoms with Crippen molar-refractivity contribution < 1.29 is 14.3 Å². The Labute approximate surface area is 153 Å². The van der Waals surface area contributed by atoms with Gasteiger partial charge in [-0.1, -0.05) is 32.0 Å². The minimum atomic E-state index is -1.10. The smallest absolute Gasteiger partial charge is 0.326 e. The van der Waals surface area contributed by atoms with Crippen molar-refractivity contribution in [1.82, 2.24) is 9.55 Å². The third kappa shape index (κ3) is 3.26. The van der Waals surface area contributed by atoms with Crippen LogP contribution in [0.2, 0.25) is 0 Å². The maximum atomic E-state index is 14.1. The highest BCUT2D eigenvalue weighted by atomic mass is 32.1. The third-order valence-corrected chi connectivity index (χ3v) is 5.53. The minimum Gasteiger partial charge on any atom is -0.480 e. The second-order valence-corrected chi connectivity index (χ2v) is 7.13. The summed E-state index contributed by atoms with van der Waals surface area (Å²) in [5.74, 6) is -1.24. The standard InChI is InChI=1S/C19H19FN2O3S/c1-3-12-10-13-17(26-12)21-16(9-11-7-5-6-8-14(11)20)22(18(13)23)15(4-2)19(24)25/h5-8,10,15H,3-4,9H2,1-2H3,(H,24,25). The lowest BCUT2D eigenvalue weighted by Crippen LogP contribution is -2.33. The van der Waals surface area contributed by atoms with Gasteiger partial charge in [0.15, 0.2) is 0 Å². The molecule has 26 heavy (non-hydrogen) atoms. The molecule has 0 bridgehead atoms. The van der Waals surface area contributed by atoms with Crippen LogP contribution in [0, 0.1) is 5.82 Å². The quantitative estimate of drug-likeness (QED) is 0.713. The number of benzene rings is 1. The molecule has 3 aromatic rings. The fraction of sp³-hybridized carbons (Fsp3) is 0.316. The summed E-state index contributed by atoms with van der Waals surface area (Å²) in [5, 5.41) is 9.98. The first-order chi connectivity index (χ1) is 12.5. The zero-order chi connectivity index (χ0) is 18.8. The summed E-state index contributed by atoms with van der Waals surface area (Å²) in [5.41, 5.74) is -0.00782. The number of halogens is 1. The predicted octanol–water partition coefficient (Wildman–Crippen LogP) is 3.79. The van der Waals surface area contributed by atoms with Gasteiger partial charge in [0.2, 0.25) is 0 Å². The van der Waals surface area contributed by atoms with Gasteiger partial charge in [0.05, 0.1) is 5.39 Å². The summed E-state index contributed by atoms with van der Waals surface area (Å²) in [4.78, 5) is 30.8. The van der Waals surface area contributed by atoms with E-state index in [1.165, 1.54) is 22.0 Å². The Morgan fingerprint density at radius 1 is 1.35 bits per heavy atom. The summed E-state index contributed by atoms with van der Waals surface area (Å²) < 4.78 is 15.3. The van der Waals surface area contributed by atoms with Gasteiger partial charge < -0.3 is 5.11 Å². The van der Waals surface area contributed by atoms with Crippen molar-refractivity contribution in [2.45, 2.75) is 39.2 Å². The number of aryl methyl sites for hydroxylation is 1. The van der Waals surface area contributed by atoms with E-state index in [1.54, 1.807) is 31.2 Å². The highest BCUT2D eigenvalue weighted by Crippen LogP contribution is 2.25. The lowest BCUT2D eigenvalue weighted by molar-refractivity contribution is -0.141. The first kappa shape index (κ1) is 18.3. The van der Waals surface area contributed by atoms with Gasteiger partial charge in [-0.25, -0.2) is 14.2 Å². The number of carbonyl (C=O) groups is 1. The molecule has 136 valence electrons. The van der Waals surface area contributed by atoms with Crippen molar-refractivity contribution >= 4 is 27.5 Å². The summed E-state index contributed by atoms with van der Waals surface area (Å²) in [7, 11) is 0. The Balaban J connectivity index is 2.26. The van der Waals surface area contributed by atoms with Gasteiger partial charge in [0.1, 0.15) is 22.5 Å². The number of thiophene rings is 1. The third-order valence-electron chi connectivity index (χ3n) is 4.36. The summed E-state index contributed by atoms with van der Waals surface area (Å²) in [6.07, 6.45) is 1.05. The van der Waals surface area contributed by atoms with E-state index >= 15 is 0 Å². The SMILES string of the molecule is CCc1cc2c(=O)n(C(CC)C(=O)O)c(Cc3ccccc3F)nc2s1. The number of hydrogen-bond acceptors (Lipinski definition) is 4. The fourth-order valence-electron chi connectivity index (χ4n) is 2.99. The molecule has 3 rings (SSSR count). The fourth-order valence-corrected chi connectivity index (χ4v) is 3.96. The molecule has 0 radical (unpaired) electrons. The van der Waals surface area contributed by atoms with Crippen LogP contribution in [0.25, 0.3) is 10.2 Å². The molecule has 0 amide bonds. The van der Waals surface area contributed by atoms with Crippen LogP contribution < -0.4 is 5.56 Å². The number of hydrogen-bond donors (Lipinski definition) is 1. The molecule has 2 aromatic heterocycles. The van der Waals surface area contributed by atoms with Crippen molar-refractivity contribution in [3.8, 4) is 0 Å². The van der Waals surface area contributed by atoms with E-state index in [0.29, 0.717) is 15.8 Å². The van der Waals surface area contributed by atoms with Crippen molar-refractivity contribution in [3.63, 3.8) is 0 Å². The first-order valence-electron chi connectivity index (χ1n) is 8.46. The van der Waals surface area contributed by atoms with Crippen molar-refractivity contribution in [2.75, 3.05) is 0 Å². The van der Waals surface area contributed by atoms with Crippen LogP contribution in [0.3, 0.4) is 0 Å². The molecule has 0 saturated heterocycles. The molecule has 0 fully saturated rings. The largest absolute Gasteiger partial charge is 0.480 e. The molecular formula is C19H19FN2O3S. The molecule has 7 heteroatoms. The molecule has 0 spiro atoms. The second kappa shape index (κ2) is 7.37. The van der Waals surface area contributed by atoms with E-state index in [9.17, 15) is 19.1 Å². The summed E-state index contributed by atoms with van der Waals surface area (Å²) >= 11 is 1.41. The van der Waals surface area contributed by atoms with E-state index in [1.807, 2.05) is 6.92 Å². The monoisotopic (exact) mass is 374 g/mol. The highest BCUT2D eigenvalue weighted by Gasteiger charge is 2.25. The topological polar surface area (TPSA) is 72.2 Å². The van der Waals surface area contributed by atoms with E-state index in [-0.39, 0.29) is 24.2 Å². The maximum absolute atomic E-state index is 14.1. The lowest BCUT2D eigenvalue weighted by atomic mass is 10.1. The molecule has 0 aliphatic rings. The second-order valence-electron chi connectivity index (χ2n) is 6.02. The van der Waals surface area contributed by atoms with Crippen LogP contribution in [0.1, 0.15) is 42.6 Å². The van der Waals surface area contributed by atoms with Gasteiger partial charge in [0.25, 0.3) is 5.56 Å². The highest BCUT2D eigenvalue weighted by molar-refractivity contribution is 7.18. The molecule has 1 atom stereocenters. The van der Waals surface area contributed by atoms with Crippen molar-refractivity contribution in [1.29, 1.82) is 0 Å². The molecule has 2 heterocycles. The summed E-state index contributed by atoms with van der Waals surface area (Å²) in [6, 6.07) is 6.98. The van der Waals surface area contributed by atoms with E-state index in [2.05, 4.69) is 4.98 Å².